The predicted molar refractivity (Wildman–Crippen MR) is 75.7 cm³/mol. The van der Waals surface area contributed by atoms with E-state index in [4.69, 9.17) is 0 Å². The van der Waals surface area contributed by atoms with E-state index in [-0.39, 0.29) is 0 Å². The van der Waals surface area contributed by atoms with Gasteiger partial charge in [-0.2, -0.15) is 0 Å². The van der Waals surface area contributed by atoms with E-state index in [2.05, 4.69) is 54.6 Å². The molecule has 0 N–H and O–H groups in total. The average Bonchev–Trinajstić information content (AvgIpc) is 2.78. The molecule has 79 valence electrons. The van der Waals surface area contributed by atoms with Gasteiger partial charge in [0, 0.05) is 26.2 Å². The van der Waals surface area contributed by atoms with Crippen LogP contribution in [0.5, 0.6) is 0 Å². The molecule has 1 aromatic heterocycles. The number of thiophene rings is 1. The van der Waals surface area contributed by atoms with Crippen LogP contribution < -0.4 is 0 Å². The van der Waals surface area contributed by atoms with Crippen molar-refractivity contribution in [1.82, 2.24) is 0 Å². The van der Waals surface area contributed by atoms with Crippen LogP contribution in [-0.4, -0.2) is 0 Å². The quantitative estimate of drug-likeness (QED) is 0.400. The first kappa shape index (κ1) is 9.20. The molecule has 1 heterocycles. The fraction of sp³-hybridized carbons (Fsp3) is 0. The van der Waals surface area contributed by atoms with E-state index in [1.165, 1.54) is 30.9 Å². The van der Waals surface area contributed by atoms with Crippen LogP contribution >= 0.6 is 11.3 Å². The second kappa shape index (κ2) is 3.31. The largest absolute Gasteiger partial charge is 0.134 e. The summed E-state index contributed by atoms with van der Waals surface area (Å²) in [6, 6.07) is 22.5. The molecule has 0 unspecified atom stereocenters. The molecule has 0 aliphatic carbocycles. The molecule has 0 aliphatic heterocycles. The summed E-state index contributed by atoms with van der Waals surface area (Å²) in [6.45, 7) is 0. The van der Waals surface area contributed by atoms with Crippen LogP contribution in [0.2, 0.25) is 0 Å². The average molecular weight is 233 g/mol. The van der Waals surface area contributed by atoms with Gasteiger partial charge >= 0.3 is 0 Å². The van der Waals surface area contributed by atoms with Crippen molar-refractivity contribution >= 4 is 42.3 Å². The van der Waals surface area contributed by atoms with Crippen LogP contribution in [0.15, 0.2) is 54.6 Å². The smallest absolute Gasteiger partial charge is 0.0434 e. The van der Waals surface area contributed by atoms with E-state index in [1.54, 1.807) is 0 Å². The first-order valence-electron chi connectivity index (χ1n) is 5.64. The van der Waals surface area contributed by atoms with Crippen LogP contribution in [-0.2, 0) is 0 Å². The molecule has 0 spiro atoms. The Balaban J connectivity index is 2.34. The molecule has 0 aliphatic rings. The third-order valence-electron chi connectivity index (χ3n) is 3.19. The fourth-order valence-electron chi connectivity index (χ4n) is 2.39. The summed E-state index contributed by atoms with van der Waals surface area (Å²) in [6.07, 6.45) is 0. The molecule has 0 atom stereocenters. The summed E-state index contributed by atoms with van der Waals surface area (Å²) in [4.78, 5) is 0. The van der Waals surface area contributed by atoms with Crippen molar-refractivity contribution in [2.75, 3.05) is 0 Å². The van der Waals surface area contributed by atoms with Crippen LogP contribution in [0.1, 0.15) is 0 Å². The Hall–Kier alpha value is -1.86. The highest BCUT2D eigenvalue weighted by Crippen LogP contribution is 2.37. The molecule has 3 aromatic carbocycles. The molecule has 0 fully saturated rings. The fourth-order valence-corrected chi connectivity index (χ4v) is 3.59. The summed E-state index contributed by atoms with van der Waals surface area (Å²) < 4.78 is 2.62. The lowest BCUT2D eigenvalue weighted by molar-refractivity contribution is 1.81. The Morgan fingerprint density at radius 1 is 0.765 bits per heavy atom. The number of benzene rings is 3. The van der Waals surface area contributed by atoms with E-state index < -0.39 is 0 Å². The van der Waals surface area contributed by atoms with Crippen molar-refractivity contribution in [2.45, 2.75) is 0 Å². The summed E-state index contributed by atoms with van der Waals surface area (Å²) in [5.41, 5.74) is 0. The molecular formula is C16H9S. The summed E-state index contributed by atoms with van der Waals surface area (Å²) >= 11 is 1.84. The molecule has 1 heteroatoms. The van der Waals surface area contributed by atoms with Crippen molar-refractivity contribution in [3.05, 3.63) is 60.7 Å². The van der Waals surface area contributed by atoms with Crippen molar-refractivity contribution in [2.24, 2.45) is 0 Å². The van der Waals surface area contributed by atoms with Gasteiger partial charge in [-0.3, -0.25) is 0 Å². The highest BCUT2D eigenvalue weighted by Gasteiger charge is 2.06. The Morgan fingerprint density at radius 2 is 1.65 bits per heavy atom. The molecule has 0 amide bonds. The topological polar surface area (TPSA) is 0 Å². The van der Waals surface area contributed by atoms with Gasteiger partial charge < -0.3 is 0 Å². The van der Waals surface area contributed by atoms with Crippen LogP contribution in [0.4, 0.5) is 0 Å². The van der Waals surface area contributed by atoms with Crippen LogP contribution in [0.3, 0.4) is 0 Å². The standard InChI is InChI=1S/C16H9S/c1-2-6-12-11(5-1)9-10-14-13-7-3-4-8-15(13)17-16(12)14/h1-7,9-10H. The van der Waals surface area contributed by atoms with Gasteiger partial charge in [-0.15, -0.1) is 11.3 Å². The first-order chi connectivity index (χ1) is 8.43. The SMILES string of the molecule is [c]1cccc2c1sc1c3ccccc3ccc21. The van der Waals surface area contributed by atoms with Crippen molar-refractivity contribution in [3.8, 4) is 0 Å². The second-order valence-corrected chi connectivity index (χ2v) is 5.20. The van der Waals surface area contributed by atoms with Crippen LogP contribution in [0, 0.1) is 6.07 Å². The molecule has 0 saturated heterocycles. The minimum atomic E-state index is 1.25. The zero-order chi connectivity index (χ0) is 11.2. The lowest BCUT2D eigenvalue weighted by Gasteiger charge is -1.98. The van der Waals surface area contributed by atoms with Crippen LogP contribution in [0.25, 0.3) is 30.9 Å². The molecular weight excluding hydrogens is 224 g/mol. The van der Waals surface area contributed by atoms with Gasteiger partial charge in [0.25, 0.3) is 0 Å². The monoisotopic (exact) mass is 233 g/mol. The maximum Gasteiger partial charge on any atom is 0.0434 e. The second-order valence-electron chi connectivity index (χ2n) is 4.18. The Kier molecular flexibility index (Phi) is 1.79. The minimum absolute atomic E-state index is 1.25. The zero-order valence-corrected chi connectivity index (χ0v) is 9.92. The number of fused-ring (bicyclic) bond motifs is 5. The number of rotatable bonds is 0. The lowest BCUT2D eigenvalue weighted by atomic mass is 10.1. The molecule has 4 rings (SSSR count). The number of hydrogen-bond donors (Lipinski definition) is 0. The summed E-state index contributed by atoms with van der Waals surface area (Å²) in [7, 11) is 0. The summed E-state index contributed by atoms with van der Waals surface area (Å²) in [5, 5.41) is 5.32. The lowest BCUT2D eigenvalue weighted by Crippen LogP contribution is -1.71. The number of hydrogen-bond acceptors (Lipinski definition) is 1. The van der Waals surface area contributed by atoms with Crippen molar-refractivity contribution < 1.29 is 0 Å². The Morgan fingerprint density at radius 3 is 2.65 bits per heavy atom. The van der Waals surface area contributed by atoms with E-state index in [1.807, 2.05) is 17.4 Å². The predicted octanol–water partition coefficient (Wildman–Crippen LogP) is 5.01. The third kappa shape index (κ3) is 1.23. The molecule has 0 saturated carbocycles. The maximum absolute atomic E-state index is 3.32. The Labute approximate surface area is 103 Å². The van der Waals surface area contributed by atoms with Gasteiger partial charge in [0.2, 0.25) is 0 Å². The van der Waals surface area contributed by atoms with Gasteiger partial charge in [0.1, 0.15) is 0 Å². The van der Waals surface area contributed by atoms with Gasteiger partial charge in [0.15, 0.2) is 0 Å². The van der Waals surface area contributed by atoms with Gasteiger partial charge in [-0.25, -0.2) is 0 Å². The van der Waals surface area contributed by atoms with Crippen molar-refractivity contribution in [3.63, 3.8) is 0 Å². The third-order valence-corrected chi connectivity index (χ3v) is 4.38. The van der Waals surface area contributed by atoms with Gasteiger partial charge in [-0.05, 0) is 10.8 Å². The maximum atomic E-state index is 3.32. The zero-order valence-electron chi connectivity index (χ0n) is 9.10. The first-order valence-corrected chi connectivity index (χ1v) is 6.46. The van der Waals surface area contributed by atoms with E-state index >= 15 is 0 Å². The minimum Gasteiger partial charge on any atom is -0.134 e. The highest BCUT2D eigenvalue weighted by molar-refractivity contribution is 7.26. The summed E-state index contributed by atoms with van der Waals surface area (Å²) in [5.74, 6) is 0. The van der Waals surface area contributed by atoms with Gasteiger partial charge in [-0.1, -0.05) is 54.6 Å². The molecule has 17 heavy (non-hydrogen) atoms. The molecule has 0 bridgehead atoms. The highest BCUT2D eigenvalue weighted by atomic mass is 32.1. The molecule has 0 nitrogen and oxygen atoms in total. The van der Waals surface area contributed by atoms with E-state index in [0.717, 1.165) is 0 Å². The van der Waals surface area contributed by atoms with Gasteiger partial charge in [0.05, 0.1) is 0 Å². The molecule has 4 aromatic rings. The normalized spacial score (nSPS) is 11.5. The molecule has 1 radical (unpaired) electrons. The van der Waals surface area contributed by atoms with Crippen molar-refractivity contribution in [1.29, 1.82) is 0 Å². The van der Waals surface area contributed by atoms with E-state index in [0.29, 0.717) is 0 Å². The Bertz CT molecular complexity index is 840. The van der Waals surface area contributed by atoms with E-state index in [9.17, 15) is 0 Å².